The smallest absolute Gasteiger partial charge is 0.239 e. The Bertz CT molecular complexity index is 1250. The van der Waals surface area contributed by atoms with Gasteiger partial charge in [0.1, 0.15) is 16.3 Å². The second kappa shape index (κ2) is 10.6. The van der Waals surface area contributed by atoms with Crippen LogP contribution in [-0.4, -0.2) is 58.7 Å². The van der Waals surface area contributed by atoms with Gasteiger partial charge < -0.3 is 20.9 Å². The molecule has 1 unspecified atom stereocenters. The molecule has 1 amide bonds. The van der Waals surface area contributed by atoms with Gasteiger partial charge in [-0.05, 0) is 43.3 Å². The van der Waals surface area contributed by atoms with E-state index in [0.29, 0.717) is 44.5 Å². The first-order chi connectivity index (χ1) is 16.3. The molecule has 0 aliphatic carbocycles. The van der Waals surface area contributed by atoms with Crippen molar-refractivity contribution in [2.45, 2.75) is 13.0 Å². The van der Waals surface area contributed by atoms with Crippen LogP contribution in [0.4, 0.5) is 21.6 Å². The van der Waals surface area contributed by atoms with Crippen LogP contribution in [0, 0.1) is 16.4 Å². The first-order valence-electron chi connectivity index (χ1n) is 10.8. The predicted octanol–water partition coefficient (Wildman–Crippen LogP) is 4.22. The molecule has 1 aromatic carbocycles. The number of hydrogen-bond donors (Lipinski definition) is 4. The molecule has 0 bridgehead atoms. The molecule has 0 spiro atoms. The number of aromatic amines is 1. The number of nitrogens with zero attached hydrogens (tertiary/aromatic N) is 3. The molecule has 3 aromatic rings. The van der Waals surface area contributed by atoms with Crippen LogP contribution >= 0.6 is 23.8 Å². The van der Waals surface area contributed by atoms with Crippen LogP contribution in [-0.2, 0) is 4.79 Å². The lowest BCUT2D eigenvalue weighted by Gasteiger charge is -2.44. The fourth-order valence-corrected chi connectivity index (χ4v) is 4.28. The molecule has 4 rings (SSSR count). The first-order valence-corrected chi connectivity index (χ1v) is 11.6. The number of pyridine rings is 1. The van der Waals surface area contributed by atoms with Crippen LogP contribution in [0.15, 0.2) is 42.6 Å². The van der Waals surface area contributed by atoms with Gasteiger partial charge in [-0.3, -0.25) is 9.89 Å². The number of likely N-dealkylation sites (tertiary alicyclic amines) is 1. The van der Waals surface area contributed by atoms with Gasteiger partial charge in [0.15, 0.2) is 0 Å². The third-order valence-electron chi connectivity index (χ3n) is 5.75. The summed E-state index contributed by atoms with van der Waals surface area (Å²) in [6, 6.07) is 9.76. The number of likely N-dealkylation sites (N-methyl/N-ethyl adjacent to an activating group) is 1. The van der Waals surface area contributed by atoms with Gasteiger partial charge in [0.05, 0.1) is 17.9 Å². The normalized spacial score (nSPS) is 17.8. The fourth-order valence-electron chi connectivity index (χ4n) is 3.95. The van der Waals surface area contributed by atoms with Crippen LogP contribution in [0.2, 0.25) is 5.02 Å². The van der Waals surface area contributed by atoms with Crippen molar-refractivity contribution in [2.24, 2.45) is 5.92 Å². The van der Waals surface area contributed by atoms with Crippen molar-refractivity contribution in [1.29, 1.82) is 0 Å². The van der Waals surface area contributed by atoms with Crippen molar-refractivity contribution in [3.8, 4) is 11.3 Å². The largest absolute Gasteiger partial charge is 0.353 e. The molecule has 178 valence electrons. The molecule has 1 saturated heterocycles. The number of H-pyrrole nitrogens is 1. The van der Waals surface area contributed by atoms with Gasteiger partial charge in [-0.2, -0.15) is 5.10 Å². The van der Waals surface area contributed by atoms with Crippen molar-refractivity contribution in [1.82, 2.24) is 25.4 Å². The molecule has 2 aromatic heterocycles. The van der Waals surface area contributed by atoms with Crippen molar-refractivity contribution in [3.05, 3.63) is 58.1 Å². The highest BCUT2D eigenvalue weighted by Crippen LogP contribution is 2.27. The summed E-state index contributed by atoms with van der Waals surface area (Å²) in [7, 11) is 2.08. The second-order valence-electron chi connectivity index (χ2n) is 8.34. The zero-order valence-electron chi connectivity index (χ0n) is 18.7. The Morgan fingerprint density at radius 2 is 2.15 bits per heavy atom. The number of carbonyl (C=O) groups excluding carboxylic acids is 1. The van der Waals surface area contributed by atoms with E-state index in [4.69, 9.17) is 23.8 Å². The quantitative estimate of drug-likeness (QED) is 0.343. The summed E-state index contributed by atoms with van der Waals surface area (Å²) >= 11 is 11.3. The van der Waals surface area contributed by atoms with E-state index in [-0.39, 0.29) is 18.0 Å². The number of aromatic nitrogens is 3. The number of anilines is 3. The van der Waals surface area contributed by atoms with Crippen LogP contribution in [0.5, 0.6) is 0 Å². The molecule has 1 aliphatic heterocycles. The Hall–Kier alpha value is -2.92. The third-order valence-corrected chi connectivity index (χ3v) is 6.30. The number of hydrogen-bond acceptors (Lipinski definition) is 7. The number of amides is 1. The van der Waals surface area contributed by atoms with Crippen molar-refractivity contribution >= 4 is 46.9 Å². The fraction of sp³-hybridized carbons (Fsp3) is 0.304. The summed E-state index contributed by atoms with van der Waals surface area (Å²) in [4.78, 5) is 18.8. The number of halogens is 2. The molecule has 1 aliphatic rings. The molecule has 1 fully saturated rings. The van der Waals surface area contributed by atoms with E-state index in [1.165, 1.54) is 18.2 Å². The van der Waals surface area contributed by atoms with E-state index in [0.717, 1.165) is 13.1 Å². The van der Waals surface area contributed by atoms with Gasteiger partial charge >= 0.3 is 0 Å². The molecule has 0 saturated carbocycles. The zero-order valence-corrected chi connectivity index (χ0v) is 20.3. The van der Waals surface area contributed by atoms with Crippen molar-refractivity contribution in [3.63, 3.8) is 0 Å². The van der Waals surface area contributed by atoms with Gasteiger partial charge in [-0.15, -0.1) is 0 Å². The Labute approximate surface area is 206 Å². The molecule has 2 atom stereocenters. The highest BCUT2D eigenvalue weighted by atomic mass is 35.5. The number of benzene rings is 1. The summed E-state index contributed by atoms with van der Waals surface area (Å²) in [6.45, 7) is 4.24. The van der Waals surface area contributed by atoms with Gasteiger partial charge in [0.25, 0.3) is 0 Å². The summed E-state index contributed by atoms with van der Waals surface area (Å²) in [5.74, 6) is 0.394. The molecule has 4 N–H and O–H groups in total. The standard InChI is InChI=1S/C23H25ClFN7OS/c1-13-12-32(2)20(13)10-26-11-22(33)29-21-8-15(5-6-27-21)28-19-9-18(30-31-23(19)34)16-7-14(24)3-4-17(16)25/h3-9,13,20,26H,10-12H2,1-2H3,(H,31,34)(H2,27,28,29,30,33)/t13-,20?/m0/s1. The monoisotopic (exact) mass is 501 g/mol. The molecule has 8 nitrogen and oxygen atoms in total. The maximum atomic E-state index is 14.3. The average molecular weight is 502 g/mol. The van der Waals surface area contributed by atoms with E-state index in [9.17, 15) is 9.18 Å². The SMILES string of the molecule is C[C@H]1CN(C)C1CNCC(=O)Nc1cc(Nc2cc(-c3cc(Cl)ccc3F)n[nH]c2=S)ccn1. The molecule has 34 heavy (non-hydrogen) atoms. The highest BCUT2D eigenvalue weighted by molar-refractivity contribution is 7.71. The van der Waals surface area contributed by atoms with Gasteiger partial charge in [0, 0.05) is 47.7 Å². The van der Waals surface area contributed by atoms with E-state index in [1.807, 2.05) is 0 Å². The van der Waals surface area contributed by atoms with Crippen LogP contribution in [0.1, 0.15) is 6.92 Å². The maximum Gasteiger partial charge on any atom is 0.239 e. The zero-order chi connectivity index (χ0) is 24.2. The summed E-state index contributed by atoms with van der Waals surface area (Å²) in [5, 5.41) is 16.4. The topological polar surface area (TPSA) is 98.0 Å². The molecule has 0 radical (unpaired) electrons. The highest BCUT2D eigenvalue weighted by Gasteiger charge is 2.31. The Balaban J connectivity index is 1.41. The molecular formula is C23H25ClFN7OS. The molecule has 3 heterocycles. The first kappa shape index (κ1) is 24.2. The van der Waals surface area contributed by atoms with Gasteiger partial charge in [-0.25, -0.2) is 9.37 Å². The lowest BCUT2D eigenvalue weighted by Crippen LogP contribution is -2.57. The lowest BCUT2D eigenvalue weighted by atomic mass is 9.91. The summed E-state index contributed by atoms with van der Waals surface area (Å²) in [6.07, 6.45) is 1.57. The maximum absolute atomic E-state index is 14.3. The second-order valence-corrected chi connectivity index (χ2v) is 9.18. The minimum atomic E-state index is -0.450. The van der Waals surface area contributed by atoms with Gasteiger partial charge in [-0.1, -0.05) is 30.7 Å². The van der Waals surface area contributed by atoms with Crippen LogP contribution in [0.25, 0.3) is 11.3 Å². The van der Waals surface area contributed by atoms with Crippen molar-refractivity contribution < 1.29 is 9.18 Å². The molecular weight excluding hydrogens is 477 g/mol. The number of nitrogens with one attached hydrogen (secondary N) is 4. The van der Waals surface area contributed by atoms with Gasteiger partial charge in [0.2, 0.25) is 5.91 Å². The minimum Gasteiger partial charge on any atom is -0.353 e. The summed E-state index contributed by atoms with van der Waals surface area (Å²) in [5.41, 5.74) is 1.75. The van der Waals surface area contributed by atoms with E-state index < -0.39 is 5.82 Å². The Morgan fingerprint density at radius 3 is 2.91 bits per heavy atom. The van der Waals surface area contributed by atoms with Crippen LogP contribution < -0.4 is 16.0 Å². The van der Waals surface area contributed by atoms with E-state index in [1.54, 1.807) is 24.4 Å². The van der Waals surface area contributed by atoms with Crippen molar-refractivity contribution in [2.75, 3.05) is 37.3 Å². The summed E-state index contributed by atoms with van der Waals surface area (Å²) < 4.78 is 14.6. The third kappa shape index (κ3) is 5.76. The minimum absolute atomic E-state index is 0.181. The number of carbonyl (C=O) groups is 1. The molecule has 11 heteroatoms. The Morgan fingerprint density at radius 1 is 1.32 bits per heavy atom. The lowest BCUT2D eigenvalue weighted by molar-refractivity contribution is -0.115. The van der Waals surface area contributed by atoms with Crippen LogP contribution in [0.3, 0.4) is 0 Å². The van der Waals surface area contributed by atoms with E-state index >= 15 is 0 Å². The Kier molecular flexibility index (Phi) is 7.52. The number of rotatable bonds is 8. The average Bonchev–Trinajstić information content (AvgIpc) is 2.80. The predicted molar refractivity (Wildman–Crippen MR) is 134 cm³/mol. The van der Waals surface area contributed by atoms with E-state index in [2.05, 4.69) is 50.0 Å².